The fourth-order valence-electron chi connectivity index (χ4n) is 14.0. The molecule has 62 heavy (non-hydrogen) atoms. The number of rotatable bonds is 8. The molecule has 0 aromatic heterocycles. The van der Waals surface area contributed by atoms with Gasteiger partial charge in [-0.2, -0.15) is 0 Å². The van der Waals surface area contributed by atoms with Crippen LogP contribution in [0.2, 0.25) is 0 Å². The van der Waals surface area contributed by atoms with E-state index in [0.717, 1.165) is 45.1 Å². The summed E-state index contributed by atoms with van der Waals surface area (Å²) >= 11 is 0. The van der Waals surface area contributed by atoms with Crippen molar-refractivity contribution >= 4 is 0 Å². The Morgan fingerprint density at radius 3 is 2.06 bits per heavy atom. The van der Waals surface area contributed by atoms with Crippen LogP contribution >= 0.6 is 0 Å². The number of fused-ring (bicyclic) bond motifs is 7. The lowest BCUT2D eigenvalue weighted by Crippen LogP contribution is -2.66. The minimum Gasteiger partial charge on any atom is -0.394 e. The topological polar surface area (TPSA) is 256 Å². The first-order chi connectivity index (χ1) is 29.4. The number of hydrogen-bond donors (Lipinski definition) is 9. The maximum absolute atomic E-state index is 11.5. The van der Waals surface area contributed by atoms with Crippen LogP contribution in [0.15, 0.2) is 11.6 Å². The first-order valence-electron chi connectivity index (χ1n) is 23.4. The molecule has 4 aliphatic carbocycles. The van der Waals surface area contributed by atoms with E-state index >= 15 is 0 Å². The fraction of sp³-hybridized carbons (Fsp3) is 0.956. The zero-order valence-electron chi connectivity index (χ0n) is 36.6. The predicted octanol–water partition coefficient (Wildman–Crippen LogP) is 0.214. The lowest BCUT2D eigenvalue weighted by atomic mass is 9.47. The second-order valence-electron chi connectivity index (χ2n) is 21.1. The average molecular weight is 885 g/mol. The normalized spacial score (nSPS) is 57.6. The molecule has 9 aliphatic rings. The first-order valence-corrected chi connectivity index (χ1v) is 23.4. The second kappa shape index (κ2) is 17.3. The van der Waals surface area contributed by atoms with E-state index in [2.05, 4.69) is 33.8 Å². The van der Waals surface area contributed by atoms with Crippen molar-refractivity contribution in [2.75, 3.05) is 19.8 Å². The van der Waals surface area contributed by atoms with Crippen LogP contribution in [0.25, 0.3) is 0 Å². The van der Waals surface area contributed by atoms with Crippen molar-refractivity contribution in [3.05, 3.63) is 11.6 Å². The Balaban J connectivity index is 0.848. The summed E-state index contributed by atoms with van der Waals surface area (Å²) in [5, 5.41) is 96.2. The lowest BCUT2D eigenvalue weighted by Gasteiger charge is -2.58. The highest BCUT2D eigenvalue weighted by molar-refractivity contribution is 5.26. The Labute approximate surface area is 363 Å². The highest BCUT2D eigenvalue weighted by Gasteiger charge is 2.69. The van der Waals surface area contributed by atoms with Gasteiger partial charge in [-0.25, -0.2) is 0 Å². The molecule has 0 amide bonds. The van der Waals surface area contributed by atoms with E-state index < -0.39 is 111 Å². The molecule has 17 heteroatoms. The molecule has 3 saturated carbocycles. The van der Waals surface area contributed by atoms with Crippen LogP contribution in [0.4, 0.5) is 0 Å². The van der Waals surface area contributed by atoms with Crippen molar-refractivity contribution < 1.29 is 83.9 Å². The van der Waals surface area contributed by atoms with Gasteiger partial charge in [0.25, 0.3) is 0 Å². The minimum atomic E-state index is -1.81. The molecule has 0 aromatic carbocycles. The summed E-state index contributed by atoms with van der Waals surface area (Å²) in [6.45, 7) is 10.4. The lowest BCUT2D eigenvalue weighted by molar-refractivity contribution is -0.388. The third kappa shape index (κ3) is 7.49. The van der Waals surface area contributed by atoms with Gasteiger partial charge in [0.2, 0.25) is 0 Å². The van der Waals surface area contributed by atoms with E-state index in [4.69, 9.17) is 37.9 Å². The summed E-state index contributed by atoms with van der Waals surface area (Å²) in [7, 11) is 0. The maximum Gasteiger partial charge on any atom is 0.187 e. The molecule has 5 heterocycles. The molecular formula is C45H72O17. The van der Waals surface area contributed by atoms with Crippen LogP contribution in [0.3, 0.4) is 0 Å². The number of hydrogen-bond acceptors (Lipinski definition) is 17. The average Bonchev–Trinajstić information content (AvgIpc) is 3.70. The van der Waals surface area contributed by atoms with Crippen molar-refractivity contribution in [2.24, 2.45) is 46.3 Å². The summed E-state index contributed by atoms with van der Waals surface area (Å²) in [6.07, 6.45) is -12.0. The smallest absolute Gasteiger partial charge is 0.187 e. The maximum atomic E-state index is 11.5. The van der Waals surface area contributed by atoms with Crippen molar-refractivity contribution in [1.29, 1.82) is 0 Å². The van der Waals surface area contributed by atoms with Gasteiger partial charge in [-0.3, -0.25) is 0 Å². The molecule has 5 aliphatic heterocycles. The van der Waals surface area contributed by atoms with Crippen LogP contribution in [-0.4, -0.2) is 176 Å². The summed E-state index contributed by atoms with van der Waals surface area (Å²) in [5.74, 6) is 2.71. The molecule has 5 saturated heterocycles. The monoisotopic (exact) mass is 884 g/mol. The van der Waals surface area contributed by atoms with Gasteiger partial charge < -0.3 is 83.9 Å². The second-order valence-corrected chi connectivity index (χ2v) is 21.1. The van der Waals surface area contributed by atoms with E-state index in [1.807, 2.05) is 0 Å². The molecule has 9 N–H and O–H groups in total. The number of allylic oxidation sites excluding steroid dienone is 1. The highest BCUT2D eigenvalue weighted by Crippen LogP contribution is 2.70. The van der Waals surface area contributed by atoms with Crippen molar-refractivity contribution in [3.8, 4) is 0 Å². The molecule has 0 aromatic rings. The number of aliphatic hydroxyl groups is 9. The SMILES string of the molecule is C[C@H]1CC[C@@]2(OC1)O[C@H]1C[C@H]3[C@@H]4CC=C5C[C@@H](O[C@@H]6O[C@H](CO)[C@@H](O[C@@H]7O[C@H](CO)[C@@H](O)[C@H](O)[C@H]7O[C@@H]7O[C@@H](C)[C@H](O)[C@@H](O)[C@H]7O)[C@H](O)[C@H]6O)CC[C@]5(C)[C@H]4CC[C@]3(C)[C@H]1[C@@H]2C. The summed E-state index contributed by atoms with van der Waals surface area (Å²) < 4.78 is 49.2. The Kier molecular flexibility index (Phi) is 12.9. The zero-order chi connectivity index (χ0) is 44.2. The molecule has 1 spiro atoms. The van der Waals surface area contributed by atoms with Crippen LogP contribution in [0.5, 0.6) is 0 Å². The van der Waals surface area contributed by atoms with E-state index in [9.17, 15) is 46.0 Å². The van der Waals surface area contributed by atoms with Gasteiger partial charge in [-0.15, -0.1) is 0 Å². The van der Waals surface area contributed by atoms with Gasteiger partial charge in [0, 0.05) is 12.3 Å². The van der Waals surface area contributed by atoms with Gasteiger partial charge in [0.15, 0.2) is 24.7 Å². The fourth-order valence-corrected chi connectivity index (χ4v) is 14.0. The Morgan fingerprint density at radius 1 is 0.677 bits per heavy atom. The zero-order valence-corrected chi connectivity index (χ0v) is 36.6. The van der Waals surface area contributed by atoms with Gasteiger partial charge in [0.05, 0.1) is 38.1 Å². The Hall–Kier alpha value is -0.940. The third-order valence-corrected chi connectivity index (χ3v) is 17.7. The Bertz CT molecular complexity index is 1610. The molecular weight excluding hydrogens is 812 g/mol. The summed E-state index contributed by atoms with van der Waals surface area (Å²) in [6, 6.07) is 0. The predicted molar refractivity (Wildman–Crippen MR) is 214 cm³/mol. The van der Waals surface area contributed by atoms with Crippen LogP contribution in [0.1, 0.15) is 92.4 Å². The van der Waals surface area contributed by atoms with Gasteiger partial charge in [-0.05, 0) is 98.7 Å². The van der Waals surface area contributed by atoms with Gasteiger partial charge >= 0.3 is 0 Å². The highest BCUT2D eigenvalue weighted by atomic mass is 16.8. The largest absolute Gasteiger partial charge is 0.394 e. The van der Waals surface area contributed by atoms with Gasteiger partial charge in [-0.1, -0.05) is 39.3 Å². The van der Waals surface area contributed by atoms with E-state index in [1.54, 1.807) is 0 Å². The van der Waals surface area contributed by atoms with Crippen molar-refractivity contribution in [3.63, 3.8) is 0 Å². The standard InChI is InChI=1S/C45H72O17/c1-19-8-13-45(55-18-19)20(2)30-27(62-45)15-26-24-7-6-22-14-23(9-11-43(22,4)25(24)10-12-44(26,30)5)57-41-37(54)35(52)38(29(17-47)59-41)60-42-39(34(51)32(49)28(16-46)58-42)61-40-36(53)33(50)31(48)21(3)56-40/h6,19-21,23-42,46-54H,7-18H2,1-5H3/t19-,20-,21-,23-,24+,25-,26-,27-,28+,29+,30-,31-,32+,33+,34-,35+,36+,37+,38+,39+,40-,41+,42-,43-,44-,45+/m0/s1. The summed E-state index contributed by atoms with van der Waals surface area (Å²) in [4.78, 5) is 0. The van der Waals surface area contributed by atoms with Crippen LogP contribution in [-0.2, 0) is 37.9 Å². The van der Waals surface area contributed by atoms with Crippen LogP contribution < -0.4 is 0 Å². The minimum absolute atomic E-state index is 0.00800. The molecule has 354 valence electrons. The molecule has 8 fully saturated rings. The van der Waals surface area contributed by atoms with Crippen LogP contribution in [0, 0.1) is 46.3 Å². The van der Waals surface area contributed by atoms with Gasteiger partial charge in [0.1, 0.15) is 67.1 Å². The number of ether oxygens (including phenoxy) is 8. The van der Waals surface area contributed by atoms with E-state index in [1.165, 1.54) is 18.9 Å². The molecule has 0 unspecified atom stereocenters. The third-order valence-electron chi connectivity index (χ3n) is 17.7. The molecule has 9 rings (SSSR count). The van der Waals surface area contributed by atoms with E-state index in [0.29, 0.717) is 48.3 Å². The summed E-state index contributed by atoms with van der Waals surface area (Å²) in [5.41, 5.74) is 1.58. The Morgan fingerprint density at radius 2 is 1.35 bits per heavy atom. The molecule has 0 bridgehead atoms. The number of aliphatic hydroxyl groups excluding tert-OH is 9. The molecule has 26 atom stereocenters. The van der Waals surface area contributed by atoms with E-state index in [-0.39, 0.29) is 23.0 Å². The van der Waals surface area contributed by atoms with Crippen molar-refractivity contribution in [2.45, 2.75) is 203 Å². The quantitative estimate of drug-likeness (QED) is 0.148. The first kappa shape index (κ1) is 46.2. The molecule has 0 radical (unpaired) electrons. The molecule has 17 nitrogen and oxygen atoms in total. The van der Waals surface area contributed by atoms with Crippen molar-refractivity contribution in [1.82, 2.24) is 0 Å².